The summed E-state index contributed by atoms with van der Waals surface area (Å²) in [6.07, 6.45) is -17.8. The molecule has 150 valence electrons. The molecule has 0 radical (unpaired) electrons. The van der Waals surface area contributed by atoms with Gasteiger partial charge in [-0.25, -0.2) is 4.79 Å². The molecule has 0 aromatic rings. The summed E-state index contributed by atoms with van der Waals surface area (Å²) in [5, 5.41) is 93.0. The van der Waals surface area contributed by atoms with Gasteiger partial charge in [0.05, 0.1) is 13.2 Å². The molecule has 0 unspecified atom stereocenters. The average molecular weight is 374 g/mol. The number of aliphatic hydroxyl groups excluding tert-OH is 10. The molecule has 0 bridgehead atoms. The third-order valence-corrected chi connectivity index (χ3v) is 3.56. The minimum atomic E-state index is -2.40. The normalized spacial score (nSPS) is 22.8. The number of carbonyl (C=O) groups excluding carboxylic acids is 1. The molecule has 0 aliphatic carbocycles. The van der Waals surface area contributed by atoms with Crippen molar-refractivity contribution in [3.63, 3.8) is 0 Å². The highest BCUT2D eigenvalue weighted by Crippen LogP contribution is 2.13. The first-order chi connectivity index (χ1) is 11.5. The molecule has 0 aliphatic heterocycles. The van der Waals surface area contributed by atoms with Gasteiger partial charge in [0.15, 0.2) is 6.10 Å². The van der Waals surface area contributed by atoms with E-state index in [4.69, 9.17) is 15.3 Å². The maximum atomic E-state index is 11.7. The van der Waals surface area contributed by atoms with Crippen LogP contribution in [0.4, 0.5) is 0 Å². The largest absolute Gasteiger partial charge is 0.458 e. The predicted molar refractivity (Wildman–Crippen MR) is 77.8 cm³/mol. The van der Waals surface area contributed by atoms with Crippen molar-refractivity contribution >= 4 is 5.97 Å². The number of hydrogen-bond donors (Lipinski definition) is 10. The van der Waals surface area contributed by atoms with Crippen LogP contribution in [0.2, 0.25) is 0 Å². The van der Waals surface area contributed by atoms with Gasteiger partial charge in [0.25, 0.3) is 0 Å². The molecule has 10 N–H and O–H groups in total. The van der Waals surface area contributed by atoms with E-state index in [-0.39, 0.29) is 0 Å². The third kappa shape index (κ3) is 6.71. The van der Waals surface area contributed by atoms with Crippen molar-refractivity contribution in [1.82, 2.24) is 0 Å². The van der Waals surface area contributed by atoms with Crippen molar-refractivity contribution in [1.29, 1.82) is 0 Å². The van der Waals surface area contributed by atoms with E-state index < -0.39 is 74.1 Å². The highest BCUT2D eigenvalue weighted by atomic mass is 16.6. The molecule has 25 heavy (non-hydrogen) atoms. The van der Waals surface area contributed by atoms with Crippen LogP contribution in [0.15, 0.2) is 0 Å². The van der Waals surface area contributed by atoms with E-state index in [2.05, 4.69) is 4.74 Å². The van der Waals surface area contributed by atoms with E-state index in [0.717, 1.165) is 6.92 Å². The molecule has 9 atom stereocenters. The monoisotopic (exact) mass is 374 g/mol. The second-order valence-corrected chi connectivity index (χ2v) is 5.54. The van der Waals surface area contributed by atoms with E-state index in [9.17, 15) is 40.5 Å². The van der Waals surface area contributed by atoms with Gasteiger partial charge in [-0.1, -0.05) is 0 Å². The zero-order chi connectivity index (χ0) is 19.9. The summed E-state index contributed by atoms with van der Waals surface area (Å²) < 4.78 is 4.57. The van der Waals surface area contributed by atoms with Crippen molar-refractivity contribution in [2.45, 2.75) is 61.9 Å². The van der Waals surface area contributed by atoms with Gasteiger partial charge in [0.1, 0.15) is 48.8 Å². The standard InChI is InChI=1S/C13H26O12/c1-4(7(18)8(19)5(16)2-14)25-13(24)12(23)11(22)10(21)9(20)6(17)3-15/h4-12,14-23H,2-3H2,1H3/t4-,5+,6+,7+,8+,9-,10+,11+,12+/m0/s1. The lowest BCUT2D eigenvalue weighted by Crippen LogP contribution is -2.53. The highest BCUT2D eigenvalue weighted by molar-refractivity contribution is 5.75. The fourth-order valence-corrected chi connectivity index (χ4v) is 1.80. The van der Waals surface area contributed by atoms with Crippen LogP contribution in [0.5, 0.6) is 0 Å². The fourth-order valence-electron chi connectivity index (χ4n) is 1.80. The zero-order valence-corrected chi connectivity index (χ0v) is 13.4. The van der Waals surface area contributed by atoms with Gasteiger partial charge in [-0.2, -0.15) is 0 Å². The minimum absolute atomic E-state index is 0.877. The van der Waals surface area contributed by atoms with Crippen molar-refractivity contribution in [2.24, 2.45) is 0 Å². The summed E-state index contributed by atoms with van der Waals surface area (Å²) in [6, 6.07) is 0. The van der Waals surface area contributed by atoms with Gasteiger partial charge < -0.3 is 55.8 Å². The first-order valence-electron chi connectivity index (χ1n) is 7.36. The lowest BCUT2D eigenvalue weighted by atomic mass is 9.99. The number of carbonyl (C=O) groups is 1. The second-order valence-electron chi connectivity index (χ2n) is 5.54. The van der Waals surface area contributed by atoms with E-state index >= 15 is 0 Å². The number of aliphatic hydroxyl groups is 10. The Hall–Kier alpha value is -0.930. The molecular formula is C13H26O12. The molecule has 0 aliphatic rings. The lowest BCUT2D eigenvalue weighted by molar-refractivity contribution is -0.187. The van der Waals surface area contributed by atoms with Crippen molar-refractivity contribution < 1.29 is 60.6 Å². The summed E-state index contributed by atoms with van der Waals surface area (Å²) in [6.45, 7) is -0.757. The molecule has 12 heteroatoms. The quantitative estimate of drug-likeness (QED) is 0.152. The molecule has 0 amide bonds. The third-order valence-electron chi connectivity index (χ3n) is 3.56. The lowest BCUT2D eigenvalue weighted by Gasteiger charge is -2.30. The van der Waals surface area contributed by atoms with Crippen LogP contribution in [0.3, 0.4) is 0 Å². The number of ether oxygens (including phenoxy) is 1. The van der Waals surface area contributed by atoms with E-state index in [1.165, 1.54) is 0 Å². The summed E-state index contributed by atoms with van der Waals surface area (Å²) in [7, 11) is 0. The zero-order valence-electron chi connectivity index (χ0n) is 13.4. The Morgan fingerprint density at radius 1 is 0.720 bits per heavy atom. The Morgan fingerprint density at radius 3 is 1.52 bits per heavy atom. The maximum absolute atomic E-state index is 11.7. The Balaban J connectivity index is 4.77. The molecule has 0 fully saturated rings. The second kappa shape index (κ2) is 10.9. The predicted octanol–water partition coefficient (Wildman–Crippen LogP) is -6.21. The first kappa shape index (κ1) is 24.1. The molecule has 0 aromatic heterocycles. The van der Waals surface area contributed by atoms with Gasteiger partial charge in [-0.3, -0.25) is 0 Å². The van der Waals surface area contributed by atoms with Gasteiger partial charge in [-0.15, -0.1) is 0 Å². The molecule has 0 saturated heterocycles. The number of esters is 1. The van der Waals surface area contributed by atoms with E-state index in [1.807, 2.05) is 0 Å². The topological polar surface area (TPSA) is 229 Å². The Labute approximate surface area is 142 Å². The van der Waals surface area contributed by atoms with E-state index in [1.54, 1.807) is 0 Å². The number of hydrogen-bond acceptors (Lipinski definition) is 12. The highest BCUT2D eigenvalue weighted by Gasteiger charge is 2.39. The molecule has 0 rings (SSSR count). The summed E-state index contributed by atoms with van der Waals surface area (Å²) >= 11 is 0. The van der Waals surface area contributed by atoms with Gasteiger partial charge >= 0.3 is 5.97 Å². The van der Waals surface area contributed by atoms with Crippen LogP contribution in [-0.4, -0.2) is 125 Å². The molecule has 12 nitrogen and oxygen atoms in total. The van der Waals surface area contributed by atoms with Crippen molar-refractivity contribution in [2.75, 3.05) is 13.2 Å². The number of rotatable bonds is 11. The van der Waals surface area contributed by atoms with Crippen molar-refractivity contribution in [3.05, 3.63) is 0 Å². The van der Waals surface area contributed by atoms with E-state index in [0.29, 0.717) is 0 Å². The average Bonchev–Trinajstić information content (AvgIpc) is 2.62. The van der Waals surface area contributed by atoms with Gasteiger partial charge in [0.2, 0.25) is 0 Å². The fraction of sp³-hybridized carbons (Fsp3) is 0.923. The van der Waals surface area contributed by atoms with Crippen molar-refractivity contribution in [3.8, 4) is 0 Å². The minimum Gasteiger partial charge on any atom is -0.458 e. The first-order valence-corrected chi connectivity index (χ1v) is 7.36. The molecule has 0 saturated carbocycles. The molecule has 0 spiro atoms. The Morgan fingerprint density at radius 2 is 1.12 bits per heavy atom. The van der Waals surface area contributed by atoms with Crippen LogP contribution >= 0.6 is 0 Å². The van der Waals surface area contributed by atoms with Crippen LogP contribution in [-0.2, 0) is 9.53 Å². The summed E-state index contributed by atoms with van der Waals surface area (Å²) in [5.41, 5.74) is 0. The van der Waals surface area contributed by atoms with Crippen LogP contribution in [0.25, 0.3) is 0 Å². The smallest absolute Gasteiger partial charge is 0.338 e. The van der Waals surface area contributed by atoms with Gasteiger partial charge in [0, 0.05) is 0 Å². The Kier molecular flexibility index (Phi) is 10.5. The van der Waals surface area contributed by atoms with Crippen LogP contribution in [0.1, 0.15) is 6.92 Å². The Bertz CT molecular complexity index is 393. The van der Waals surface area contributed by atoms with Gasteiger partial charge in [-0.05, 0) is 6.92 Å². The molecule has 0 aromatic carbocycles. The maximum Gasteiger partial charge on any atom is 0.338 e. The van der Waals surface area contributed by atoms with Crippen LogP contribution < -0.4 is 0 Å². The molecule has 0 heterocycles. The summed E-state index contributed by atoms with van der Waals surface area (Å²) in [5.74, 6) is -1.55. The van der Waals surface area contributed by atoms with Crippen LogP contribution in [0, 0.1) is 0 Å². The summed E-state index contributed by atoms with van der Waals surface area (Å²) in [4.78, 5) is 11.7. The molecular weight excluding hydrogens is 348 g/mol. The SMILES string of the molecule is C[C@H](OC(=O)[C@H](O)[C@H](O)[C@H](O)[C@@H](O)[C@H](O)CO)[C@@H](O)[C@H](O)[C@H](O)CO.